The lowest BCUT2D eigenvalue weighted by Gasteiger charge is -2.35. The highest BCUT2D eigenvalue weighted by Crippen LogP contribution is 2.36. The van der Waals surface area contributed by atoms with E-state index in [1.165, 1.54) is 19.4 Å². The van der Waals surface area contributed by atoms with Crippen LogP contribution in [0.2, 0.25) is 0 Å². The Morgan fingerprint density at radius 3 is 2.45 bits per heavy atom. The summed E-state index contributed by atoms with van der Waals surface area (Å²) in [6.45, 7) is 2.11. The van der Waals surface area contributed by atoms with Crippen molar-refractivity contribution in [3.05, 3.63) is 62.2 Å². The van der Waals surface area contributed by atoms with Crippen LogP contribution in [-0.2, 0) is 12.7 Å². The number of hydrogen-bond donors (Lipinski definition) is 0. The summed E-state index contributed by atoms with van der Waals surface area (Å²) >= 11 is 0. The maximum Gasteiger partial charge on any atom is 0.416 e. The van der Waals surface area contributed by atoms with Crippen LogP contribution in [0.4, 0.5) is 24.5 Å². The quantitative estimate of drug-likeness (QED) is 0.550. The lowest BCUT2D eigenvalue weighted by atomic mass is 10.1. The molecule has 0 amide bonds. The zero-order chi connectivity index (χ0) is 21.2. The van der Waals surface area contributed by atoms with Crippen LogP contribution >= 0.6 is 0 Å². The number of nitrogens with zero attached hydrogens (tertiary/aromatic N) is 3. The highest BCUT2D eigenvalue weighted by Gasteiger charge is 2.34. The number of methoxy groups -OCH3 is 1. The van der Waals surface area contributed by atoms with Crippen molar-refractivity contribution < 1.29 is 27.2 Å². The normalized spacial score (nSPS) is 15.4. The number of nitro groups is 1. The van der Waals surface area contributed by atoms with E-state index in [9.17, 15) is 28.1 Å². The van der Waals surface area contributed by atoms with E-state index in [1.54, 1.807) is 4.90 Å². The van der Waals surface area contributed by atoms with E-state index in [4.69, 9.17) is 9.15 Å². The molecule has 0 unspecified atom stereocenters. The van der Waals surface area contributed by atoms with Crippen molar-refractivity contribution in [1.82, 2.24) is 4.90 Å². The predicted octanol–water partition coefficient (Wildman–Crippen LogP) is 2.90. The van der Waals surface area contributed by atoms with Crippen LogP contribution in [0.1, 0.15) is 11.3 Å². The molecule has 0 N–H and O–H groups in total. The minimum atomic E-state index is -4.65. The van der Waals surface area contributed by atoms with Gasteiger partial charge in [0.2, 0.25) is 11.2 Å². The first-order chi connectivity index (χ1) is 13.7. The number of ether oxygens (including phenoxy) is 1. The number of halogens is 3. The molecule has 0 bridgehead atoms. The molecule has 1 fully saturated rings. The Labute approximate surface area is 163 Å². The molecule has 0 atom stereocenters. The molecular weight excluding hydrogens is 395 g/mol. The van der Waals surface area contributed by atoms with Crippen molar-refractivity contribution in [2.24, 2.45) is 0 Å². The highest BCUT2D eigenvalue weighted by molar-refractivity contribution is 5.65. The molecular formula is C18H18F3N3O5. The van der Waals surface area contributed by atoms with Gasteiger partial charge in [-0.3, -0.25) is 19.8 Å². The van der Waals surface area contributed by atoms with Gasteiger partial charge in [0.15, 0.2) is 0 Å². The number of benzene rings is 1. The van der Waals surface area contributed by atoms with Gasteiger partial charge in [0.1, 0.15) is 17.7 Å². The first-order valence-corrected chi connectivity index (χ1v) is 8.67. The molecule has 29 heavy (non-hydrogen) atoms. The third-order valence-corrected chi connectivity index (χ3v) is 4.66. The van der Waals surface area contributed by atoms with E-state index < -0.39 is 22.4 Å². The van der Waals surface area contributed by atoms with Gasteiger partial charge in [-0.2, -0.15) is 13.2 Å². The Bertz CT molecular complexity index is 952. The number of hydrogen-bond acceptors (Lipinski definition) is 7. The van der Waals surface area contributed by atoms with Gasteiger partial charge in [0.25, 0.3) is 5.69 Å². The SMILES string of the molecule is COc1coc(CN2CCN(c3ccc(C(F)(F)F)cc3[N+](=O)[O-])CC2)cc1=O. The fraction of sp³-hybridized carbons (Fsp3) is 0.389. The summed E-state index contributed by atoms with van der Waals surface area (Å²) in [4.78, 5) is 25.9. The van der Waals surface area contributed by atoms with E-state index in [0.717, 1.165) is 12.1 Å². The van der Waals surface area contributed by atoms with Crippen LogP contribution < -0.4 is 15.1 Å². The second-order valence-corrected chi connectivity index (χ2v) is 6.50. The fourth-order valence-corrected chi connectivity index (χ4v) is 3.15. The van der Waals surface area contributed by atoms with Crippen molar-refractivity contribution in [3.8, 4) is 5.75 Å². The number of nitro benzene ring substituents is 1. The smallest absolute Gasteiger partial charge is 0.416 e. The zero-order valence-electron chi connectivity index (χ0n) is 15.4. The van der Waals surface area contributed by atoms with E-state index in [0.29, 0.717) is 44.6 Å². The molecule has 3 rings (SSSR count). The first kappa shape index (κ1) is 20.6. The van der Waals surface area contributed by atoms with Crippen LogP contribution in [0.25, 0.3) is 0 Å². The molecule has 8 nitrogen and oxygen atoms in total. The minimum absolute atomic E-state index is 0.105. The second-order valence-electron chi connectivity index (χ2n) is 6.50. The van der Waals surface area contributed by atoms with Gasteiger partial charge in [-0.1, -0.05) is 0 Å². The van der Waals surface area contributed by atoms with Gasteiger partial charge in [-0.05, 0) is 12.1 Å². The lowest BCUT2D eigenvalue weighted by Crippen LogP contribution is -2.46. The van der Waals surface area contributed by atoms with Gasteiger partial charge in [0.05, 0.1) is 24.1 Å². The predicted molar refractivity (Wildman–Crippen MR) is 97.1 cm³/mol. The fourth-order valence-electron chi connectivity index (χ4n) is 3.15. The van der Waals surface area contributed by atoms with E-state index in [-0.39, 0.29) is 16.9 Å². The van der Waals surface area contributed by atoms with Gasteiger partial charge in [-0.15, -0.1) is 0 Å². The van der Waals surface area contributed by atoms with Gasteiger partial charge in [-0.25, -0.2) is 0 Å². The Morgan fingerprint density at radius 2 is 1.90 bits per heavy atom. The lowest BCUT2D eigenvalue weighted by molar-refractivity contribution is -0.384. The van der Waals surface area contributed by atoms with Crippen LogP contribution in [-0.4, -0.2) is 43.1 Å². The van der Waals surface area contributed by atoms with Crippen molar-refractivity contribution in [2.45, 2.75) is 12.7 Å². The number of alkyl halides is 3. The summed E-state index contributed by atoms with van der Waals surface area (Å²) < 4.78 is 48.8. The van der Waals surface area contributed by atoms with Crippen LogP contribution in [0.5, 0.6) is 5.75 Å². The summed E-state index contributed by atoms with van der Waals surface area (Å²) in [6, 6.07) is 3.89. The third-order valence-electron chi connectivity index (χ3n) is 4.66. The van der Waals surface area contributed by atoms with E-state index in [2.05, 4.69) is 0 Å². The van der Waals surface area contributed by atoms with Crippen molar-refractivity contribution in [3.63, 3.8) is 0 Å². The number of piperazine rings is 1. The van der Waals surface area contributed by atoms with Crippen molar-refractivity contribution >= 4 is 11.4 Å². The molecule has 1 saturated heterocycles. The van der Waals surface area contributed by atoms with E-state index in [1.807, 2.05) is 4.90 Å². The van der Waals surface area contributed by atoms with Crippen LogP contribution in [0.15, 0.2) is 39.7 Å². The second kappa shape index (κ2) is 8.11. The van der Waals surface area contributed by atoms with E-state index >= 15 is 0 Å². The zero-order valence-corrected chi connectivity index (χ0v) is 15.4. The molecule has 11 heteroatoms. The molecule has 156 valence electrons. The molecule has 0 spiro atoms. The molecule has 1 aliphatic rings. The largest absolute Gasteiger partial charge is 0.490 e. The molecule has 0 saturated carbocycles. The van der Waals surface area contributed by atoms with Gasteiger partial charge < -0.3 is 14.1 Å². The third kappa shape index (κ3) is 4.67. The topological polar surface area (TPSA) is 89.1 Å². The molecule has 1 aromatic carbocycles. The Morgan fingerprint density at radius 1 is 1.21 bits per heavy atom. The summed E-state index contributed by atoms with van der Waals surface area (Å²) in [5.41, 5.74) is -1.78. The average Bonchev–Trinajstić information content (AvgIpc) is 2.67. The number of rotatable bonds is 5. The Kier molecular flexibility index (Phi) is 5.78. The average molecular weight is 413 g/mol. The summed E-state index contributed by atoms with van der Waals surface area (Å²) in [5, 5.41) is 11.3. The van der Waals surface area contributed by atoms with Crippen LogP contribution in [0, 0.1) is 10.1 Å². The summed E-state index contributed by atoms with van der Waals surface area (Å²) in [5.74, 6) is 0.554. The molecule has 2 heterocycles. The van der Waals surface area contributed by atoms with Crippen LogP contribution in [0.3, 0.4) is 0 Å². The highest BCUT2D eigenvalue weighted by atomic mass is 19.4. The standard InChI is InChI=1S/C18H18F3N3O5/c1-28-17-11-29-13(9-16(17)25)10-22-4-6-23(7-5-22)14-3-2-12(18(19,20)21)8-15(14)24(26)27/h2-3,8-9,11H,4-7,10H2,1H3. The van der Waals surface area contributed by atoms with Crippen molar-refractivity contribution in [1.29, 1.82) is 0 Å². The Hall–Kier alpha value is -3.08. The van der Waals surface area contributed by atoms with Gasteiger partial charge in [0, 0.05) is 38.3 Å². The first-order valence-electron chi connectivity index (χ1n) is 8.67. The molecule has 0 radical (unpaired) electrons. The maximum atomic E-state index is 12.9. The van der Waals surface area contributed by atoms with Crippen molar-refractivity contribution in [2.75, 3.05) is 38.2 Å². The summed E-state index contributed by atoms with van der Waals surface area (Å²) in [6.07, 6.45) is -3.41. The summed E-state index contributed by atoms with van der Waals surface area (Å²) in [7, 11) is 1.37. The van der Waals surface area contributed by atoms with Gasteiger partial charge >= 0.3 is 6.18 Å². The molecule has 1 aromatic heterocycles. The number of anilines is 1. The maximum absolute atomic E-state index is 12.9. The molecule has 0 aliphatic carbocycles. The monoisotopic (exact) mass is 413 g/mol. The molecule has 2 aromatic rings. The minimum Gasteiger partial charge on any atom is -0.490 e. The Balaban J connectivity index is 1.70. The molecule has 1 aliphatic heterocycles.